The summed E-state index contributed by atoms with van der Waals surface area (Å²) in [7, 11) is 0. The van der Waals surface area contributed by atoms with E-state index in [1.165, 1.54) is 0 Å². The van der Waals surface area contributed by atoms with Crippen LogP contribution in [0, 0.1) is 28.6 Å². The summed E-state index contributed by atoms with van der Waals surface area (Å²) in [6.07, 6.45) is -1.88. The zero-order chi connectivity index (χ0) is 28.8. The van der Waals surface area contributed by atoms with Crippen LogP contribution in [0.4, 0.5) is 0 Å². The number of aliphatic hydroxyl groups is 5. The first-order valence-corrected chi connectivity index (χ1v) is 14.7. The van der Waals surface area contributed by atoms with E-state index in [1.54, 1.807) is 13.0 Å². The Kier molecular flexibility index (Phi) is 6.74. The summed E-state index contributed by atoms with van der Waals surface area (Å²) >= 11 is 0. The molecule has 0 unspecified atom stereocenters. The molecule has 0 radical (unpaired) electrons. The predicted octanol–water partition coefficient (Wildman–Crippen LogP) is 0.636. The standard InChI is InChI=1S/C29H42O11/c1-14-21(31)22(32)23(33)24(39-14)40-16-3-9-28(25(34)35)18-4-7-26(2)17(15-11-20(30)38-13-15)6-10-29(26,37)19(18)5-8-27(28,36)12-16/h11,14,16-19,21-24,31-33,36-37H,3-10,12-13H2,1-2H3,(H,34,35)/t14-,16-,17+,18-,19+,21-,22+,23+,24-,26+,27-,28+,29-/m0/s1. The topological polar surface area (TPSA) is 183 Å². The molecule has 6 aliphatic rings. The SMILES string of the molecule is C[C@@H]1O[C@@H](O[C@H]2CC[C@]3(C(=O)O)[C@H]4CC[C@]5(C)[C@@H](C6=CC(=O)OC6)CC[C@]5(O)[C@@H]4CC[C@]3(O)C2)[C@H](O)[C@H](O)[C@H]1O. The number of aliphatic hydroxyl groups excluding tert-OH is 3. The van der Waals surface area contributed by atoms with Gasteiger partial charge in [0.2, 0.25) is 0 Å². The molecule has 224 valence electrons. The van der Waals surface area contributed by atoms with Crippen molar-refractivity contribution >= 4 is 11.9 Å². The zero-order valence-corrected chi connectivity index (χ0v) is 23.1. The summed E-state index contributed by atoms with van der Waals surface area (Å²) in [6, 6.07) is 0. The van der Waals surface area contributed by atoms with Crippen LogP contribution in [-0.4, -0.2) is 97.2 Å². The van der Waals surface area contributed by atoms with E-state index in [1.807, 2.05) is 0 Å². The predicted molar refractivity (Wildman–Crippen MR) is 136 cm³/mol. The van der Waals surface area contributed by atoms with Crippen LogP contribution in [0.3, 0.4) is 0 Å². The zero-order valence-electron chi connectivity index (χ0n) is 23.1. The van der Waals surface area contributed by atoms with Crippen LogP contribution in [0.1, 0.15) is 71.6 Å². The lowest BCUT2D eigenvalue weighted by Gasteiger charge is -2.65. The van der Waals surface area contributed by atoms with Gasteiger partial charge in [-0.3, -0.25) is 4.79 Å². The van der Waals surface area contributed by atoms with Gasteiger partial charge >= 0.3 is 11.9 Å². The summed E-state index contributed by atoms with van der Waals surface area (Å²) in [5.41, 5.74) is -3.81. The number of fused-ring (bicyclic) bond motifs is 5. The van der Waals surface area contributed by atoms with E-state index in [-0.39, 0.29) is 43.7 Å². The first-order chi connectivity index (χ1) is 18.8. The number of aliphatic carboxylic acids is 1. The molecule has 0 bridgehead atoms. The van der Waals surface area contributed by atoms with Crippen molar-refractivity contribution in [2.45, 2.75) is 120 Å². The van der Waals surface area contributed by atoms with Gasteiger partial charge in [0.25, 0.3) is 0 Å². The maximum Gasteiger partial charge on any atom is 0.331 e. The summed E-state index contributed by atoms with van der Waals surface area (Å²) < 4.78 is 16.8. The molecule has 13 atom stereocenters. The molecule has 11 nitrogen and oxygen atoms in total. The molecular formula is C29H42O11. The molecule has 5 fully saturated rings. The van der Waals surface area contributed by atoms with Gasteiger partial charge in [0.1, 0.15) is 24.9 Å². The number of ether oxygens (including phenoxy) is 3. The number of esters is 1. The van der Waals surface area contributed by atoms with E-state index in [2.05, 4.69) is 6.92 Å². The van der Waals surface area contributed by atoms with Crippen LogP contribution in [0.15, 0.2) is 11.6 Å². The maximum atomic E-state index is 13.2. The molecule has 0 aromatic carbocycles. The molecule has 4 aliphatic carbocycles. The lowest BCUT2D eigenvalue weighted by molar-refractivity contribution is -0.318. The monoisotopic (exact) mass is 566 g/mol. The third-order valence-corrected chi connectivity index (χ3v) is 12.1. The quantitative estimate of drug-likeness (QED) is 0.207. The molecular weight excluding hydrogens is 524 g/mol. The van der Waals surface area contributed by atoms with E-state index in [0.717, 1.165) is 5.57 Å². The van der Waals surface area contributed by atoms with E-state index in [0.29, 0.717) is 38.5 Å². The first-order valence-electron chi connectivity index (χ1n) is 14.7. The van der Waals surface area contributed by atoms with Gasteiger partial charge in [0.15, 0.2) is 6.29 Å². The number of carboxylic acids is 1. The van der Waals surface area contributed by atoms with E-state index in [9.17, 15) is 40.2 Å². The molecule has 0 aromatic heterocycles. The van der Waals surface area contributed by atoms with Crippen molar-refractivity contribution in [3.05, 3.63) is 11.6 Å². The number of rotatable bonds is 4. The number of carbonyl (C=O) groups is 2. The van der Waals surface area contributed by atoms with Gasteiger partial charge in [-0.25, -0.2) is 4.79 Å². The second-order valence-electron chi connectivity index (χ2n) is 13.5. The molecule has 0 amide bonds. The van der Waals surface area contributed by atoms with Crippen molar-refractivity contribution in [3.63, 3.8) is 0 Å². The third-order valence-electron chi connectivity index (χ3n) is 12.1. The van der Waals surface area contributed by atoms with Crippen LogP contribution >= 0.6 is 0 Å². The summed E-state index contributed by atoms with van der Waals surface area (Å²) in [6.45, 7) is 3.85. The lowest BCUT2D eigenvalue weighted by Crippen LogP contribution is -2.70. The van der Waals surface area contributed by atoms with Gasteiger partial charge in [-0.2, -0.15) is 0 Å². The normalized spacial score (nSPS) is 54.1. The average Bonchev–Trinajstić information content (AvgIpc) is 3.44. The van der Waals surface area contributed by atoms with Crippen molar-refractivity contribution in [1.29, 1.82) is 0 Å². The van der Waals surface area contributed by atoms with E-state index < -0.39 is 70.7 Å². The van der Waals surface area contributed by atoms with E-state index >= 15 is 0 Å². The minimum absolute atomic E-state index is 0.0196. The number of carbonyl (C=O) groups excluding carboxylic acids is 1. The Labute approximate surface area is 233 Å². The van der Waals surface area contributed by atoms with Crippen LogP contribution in [-0.2, 0) is 23.8 Å². The van der Waals surface area contributed by atoms with Crippen molar-refractivity contribution in [3.8, 4) is 0 Å². The minimum atomic E-state index is -1.59. The van der Waals surface area contributed by atoms with Gasteiger partial charge in [0.05, 0.1) is 28.8 Å². The molecule has 40 heavy (non-hydrogen) atoms. The van der Waals surface area contributed by atoms with Crippen molar-refractivity contribution < 1.29 is 54.4 Å². The fourth-order valence-electron chi connectivity index (χ4n) is 9.90. The number of hydrogen-bond donors (Lipinski definition) is 6. The Balaban J connectivity index is 1.25. The summed E-state index contributed by atoms with van der Waals surface area (Å²) in [5.74, 6) is -2.20. The third kappa shape index (κ3) is 3.74. The molecule has 0 aromatic rings. The highest BCUT2D eigenvalue weighted by molar-refractivity contribution is 5.85. The Morgan fingerprint density at radius 2 is 1.70 bits per heavy atom. The molecule has 6 N–H and O–H groups in total. The van der Waals surface area contributed by atoms with Gasteiger partial charge in [-0.15, -0.1) is 0 Å². The second-order valence-corrected chi connectivity index (χ2v) is 13.5. The second kappa shape index (κ2) is 9.45. The lowest BCUT2D eigenvalue weighted by atomic mass is 9.41. The fourth-order valence-corrected chi connectivity index (χ4v) is 9.90. The molecule has 11 heteroatoms. The average molecular weight is 567 g/mol. The fraction of sp³-hybridized carbons (Fsp3) is 0.862. The molecule has 6 rings (SSSR count). The van der Waals surface area contributed by atoms with Crippen molar-refractivity contribution in [2.24, 2.45) is 28.6 Å². The Hall–Kier alpha value is -1.60. The Bertz CT molecular complexity index is 1090. The summed E-state index contributed by atoms with van der Waals surface area (Å²) in [4.78, 5) is 25.0. The molecule has 2 heterocycles. The largest absolute Gasteiger partial charge is 0.481 e. The van der Waals surface area contributed by atoms with Crippen molar-refractivity contribution in [1.82, 2.24) is 0 Å². The Morgan fingerprint density at radius 3 is 2.38 bits per heavy atom. The highest BCUT2D eigenvalue weighted by atomic mass is 16.7. The van der Waals surface area contributed by atoms with Gasteiger partial charge in [-0.05, 0) is 81.6 Å². The highest BCUT2D eigenvalue weighted by Gasteiger charge is 2.73. The molecule has 2 aliphatic heterocycles. The van der Waals surface area contributed by atoms with Gasteiger partial charge in [0, 0.05) is 17.9 Å². The smallest absolute Gasteiger partial charge is 0.331 e. The minimum Gasteiger partial charge on any atom is -0.481 e. The van der Waals surface area contributed by atoms with E-state index in [4.69, 9.17) is 14.2 Å². The number of cyclic esters (lactones) is 1. The first kappa shape index (κ1) is 28.5. The number of hydrogen-bond acceptors (Lipinski definition) is 10. The summed E-state index contributed by atoms with van der Waals surface area (Å²) in [5, 5.41) is 65.8. The van der Waals surface area contributed by atoms with Crippen LogP contribution in [0.2, 0.25) is 0 Å². The maximum absolute atomic E-state index is 13.2. The van der Waals surface area contributed by atoms with Crippen LogP contribution in [0.25, 0.3) is 0 Å². The van der Waals surface area contributed by atoms with Crippen LogP contribution < -0.4 is 0 Å². The molecule has 0 spiro atoms. The molecule has 4 saturated carbocycles. The molecule has 1 saturated heterocycles. The van der Waals surface area contributed by atoms with Gasteiger partial charge < -0.3 is 44.8 Å². The van der Waals surface area contributed by atoms with Crippen LogP contribution in [0.5, 0.6) is 0 Å². The van der Waals surface area contributed by atoms with Gasteiger partial charge in [-0.1, -0.05) is 6.92 Å². The van der Waals surface area contributed by atoms with Crippen molar-refractivity contribution in [2.75, 3.05) is 6.61 Å². The number of carboxylic acid groups (broad SMARTS) is 1. The highest BCUT2D eigenvalue weighted by Crippen LogP contribution is 2.71. The Morgan fingerprint density at radius 1 is 0.975 bits per heavy atom.